The number of aliphatic hydroxyl groups is 1. The van der Waals surface area contributed by atoms with Crippen molar-refractivity contribution >= 4 is 11.8 Å². The Morgan fingerprint density at radius 1 is 1.32 bits per heavy atom. The summed E-state index contributed by atoms with van der Waals surface area (Å²) in [4.78, 5) is 25.7. The average molecular weight is 268 g/mol. The lowest BCUT2D eigenvalue weighted by Gasteiger charge is -2.35. The summed E-state index contributed by atoms with van der Waals surface area (Å²) in [6.45, 7) is 1.03. The maximum absolute atomic E-state index is 12.2. The molecule has 19 heavy (non-hydrogen) atoms. The van der Waals surface area contributed by atoms with Crippen LogP contribution in [0.2, 0.25) is 0 Å². The predicted octanol–water partition coefficient (Wildman–Crippen LogP) is 0.666. The van der Waals surface area contributed by atoms with Crippen molar-refractivity contribution in [3.63, 3.8) is 0 Å². The zero-order chi connectivity index (χ0) is 13.7. The second-order valence-electron chi connectivity index (χ2n) is 5.60. The third kappa shape index (κ3) is 3.69. The summed E-state index contributed by atoms with van der Waals surface area (Å²) in [7, 11) is 0. The number of nitrogens with zero attached hydrogens (tertiary/aromatic N) is 1. The Balaban J connectivity index is 1.85. The molecule has 0 aromatic rings. The van der Waals surface area contributed by atoms with Gasteiger partial charge in [-0.2, -0.15) is 0 Å². The van der Waals surface area contributed by atoms with Gasteiger partial charge >= 0.3 is 0 Å². The second kappa shape index (κ2) is 6.89. The van der Waals surface area contributed by atoms with Gasteiger partial charge in [0.05, 0.1) is 0 Å². The number of rotatable bonds is 5. The minimum Gasteiger partial charge on any atom is -0.396 e. The Bertz CT molecular complexity index is 327. The van der Waals surface area contributed by atoms with Gasteiger partial charge in [-0.15, -0.1) is 0 Å². The van der Waals surface area contributed by atoms with Gasteiger partial charge in [0.1, 0.15) is 6.04 Å². The molecule has 1 saturated carbocycles. The van der Waals surface area contributed by atoms with Crippen LogP contribution < -0.4 is 5.32 Å². The molecular formula is C14H24N2O3. The van der Waals surface area contributed by atoms with Gasteiger partial charge in [0.25, 0.3) is 0 Å². The van der Waals surface area contributed by atoms with Crippen LogP contribution in [-0.4, -0.2) is 47.6 Å². The lowest BCUT2D eigenvalue weighted by Crippen LogP contribution is -2.57. The van der Waals surface area contributed by atoms with Crippen LogP contribution in [0.5, 0.6) is 0 Å². The molecule has 0 aromatic carbocycles. The maximum atomic E-state index is 12.2. The molecule has 2 amide bonds. The van der Waals surface area contributed by atoms with E-state index in [0.717, 1.165) is 6.42 Å². The first-order chi connectivity index (χ1) is 9.22. The number of carbonyl (C=O) groups is 2. The second-order valence-corrected chi connectivity index (χ2v) is 5.60. The van der Waals surface area contributed by atoms with Gasteiger partial charge in [0, 0.05) is 26.1 Å². The predicted molar refractivity (Wildman–Crippen MR) is 71.4 cm³/mol. The number of hydrogen-bond donors (Lipinski definition) is 2. The van der Waals surface area contributed by atoms with Crippen LogP contribution in [0.3, 0.4) is 0 Å². The van der Waals surface area contributed by atoms with Crippen molar-refractivity contribution in [1.29, 1.82) is 0 Å². The van der Waals surface area contributed by atoms with Crippen LogP contribution in [0.15, 0.2) is 0 Å². The highest BCUT2D eigenvalue weighted by molar-refractivity contribution is 5.88. The first-order valence-corrected chi connectivity index (χ1v) is 7.40. The molecule has 1 heterocycles. The summed E-state index contributed by atoms with van der Waals surface area (Å²) in [6.07, 6.45) is 6.89. The summed E-state index contributed by atoms with van der Waals surface area (Å²) in [6, 6.07) is -0.477. The van der Waals surface area contributed by atoms with E-state index in [1.54, 1.807) is 4.90 Å². The number of hydrogen-bond acceptors (Lipinski definition) is 3. The molecule has 1 atom stereocenters. The van der Waals surface area contributed by atoms with E-state index in [1.807, 2.05) is 0 Å². The number of aliphatic hydroxyl groups excluding tert-OH is 1. The summed E-state index contributed by atoms with van der Waals surface area (Å²) < 4.78 is 0. The van der Waals surface area contributed by atoms with Gasteiger partial charge in [-0.25, -0.2) is 0 Å². The Labute approximate surface area is 114 Å². The number of amides is 2. The highest BCUT2D eigenvalue weighted by atomic mass is 16.3. The van der Waals surface area contributed by atoms with E-state index in [1.165, 1.54) is 25.7 Å². The molecule has 0 aromatic heterocycles. The molecule has 2 rings (SSSR count). The summed E-state index contributed by atoms with van der Waals surface area (Å²) in [5.74, 6) is 0.633. The van der Waals surface area contributed by atoms with Crippen LogP contribution in [0.4, 0.5) is 0 Å². The zero-order valence-corrected chi connectivity index (χ0v) is 11.4. The first kappa shape index (κ1) is 14.3. The number of nitrogens with one attached hydrogen (secondary N) is 1. The van der Waals surface area contributed by atoms with Gasteiger partial charge in [-0.05, 0) is 18.8 Å². The first-order valence-electron chi connectivity index (χ1n) is 7.40. The molecule has 5 heteroatoms. The van der Waals surface area contributed by atoms with E-state index in [4.69, 9.17) is 5.11 Å². The molecule has 0 bridgehead atoms. The van der Waals surface area contributed by atoms with Crippen LogP contribution in [0.1, 0.15) is 44.9 Å². The molecule has 2 N–H and O–H groups in total. The summed E-state index contributed by atoms with van der Waals surface area (Å²) >= 11 is 0. The van der Waals surface area contributed by atoms with Crippen molar-refractivity contribution in [1.82, 2.24) is 10.2 Å². The normalized spacial score (nSPS) is 24.6. The van der Waals surface area contributed by atoms with E-state index < -0.39 is 6.04 Å². The zero-order valence-electron chi connectivity index (χ0n) is 11.4. The van der Waals surface area contributed by atoms with Gasteiger partial charge < -0.3 is 15.3 Å². The van der Waals surface area contributed by atoms with Gasteiger partial charge in [-0.1, -0.05) is 25.7 Å². The smallest absolute Gasteiger partial charge is 0.242 e. The monoisotopic (exact) mass is 268 g/mol. The fourth-order valence-corrected chi connectivity index (χ4v) is 3.19. The Hall–Kier alpha value is -1.10. The molecular weight excluding hydrogens is 244 g/mol. The molecule has 1 aliphatic heterocycles. The lowest BCUT2D eigenvalue weighted by atomic mass is 10.0. The molecule has 0 spiro atoms. The van der Waals surface area contributed by atoms with E-state index in [2.05, 4.69) is 5.32 Å². The molecule has 2 aliphatic rings. The SMILES string of the molecule is O=C1NCCN(C(=O)CCC2CCCC2)C1CCO. The molecule has 108 valence electrons. The summed E-state index contributed by atoms with van der Waals surface area (Å²) in [5, 5.41) is 11.8. The average Bonchev–Trinajstić information content (AvgIpc) is 2.92. The lowest BCUT2D eigenvalue weighted by molar-refractivity contribution is -0.144. The molecule has 1 aliphatic carbocycles. The van der Waals surface area contributed by atoms with Gasteiger partial charge in [0.15, 0.2) is 0 Å². The molecule has 1 unspecified atom stereocenters. The van der Waals surface area contributed by atoms with Crippen LogP contribution >= 0.6 is 0 Å². The van der Waals surface area contributed by atoms with Gasteiger partial charge in [0.2, 0.25) is 11.8 Å². The topological polar surface area (TPSA) is 69.6 Å². The minimum atomic E-state index is -0.477. The highest BCUT2D eigenvalue weighted by Gasteiger charge is 2.32. The Morgan fingerprint density at radius 2 is 2.05 bits per heavy atom. The summed E-state index contributed by atoms with van der Waals surface area (Å²) in [5.41, 5.74) is 0. The molecule has 2 fully saturated rings. The van der Waals surface area contributed by atoms with Crippen molar-refractivity contribution < 1.29 is 14.7 Å². The van der Waals surface area contributed by atoms with E-state index >= 15 is 0 Å². The third-order valence-electron chi connectivity index (χ3n) is 4.29. The maximum Gasteiger partial charge on any atom is 0.242 e. The molecule has 0 radical (unpaired) electrons. The van der Waals surface area contributed by atoms with E-state index in [0.29, 0.717) is 31.8 Å². The fourth-order valence-electron chi connectivity index (χ4n) is 3.19. The Morgan fingerprint density at radius 3 is 2.74 bits per heavy atom. The quantitative estimate of drug-likeness (QED) is 0.770. The van der Waals surface area contributed by atoms with Crippen molar-refractivity contribution in [2.75, 3.05) is 19.7 Å². The fraction of sp³-hybridized carbons (Fsp3) is 0.857. The molecule has 1 saturated heterocycles. The van der Waals surface area contributed by atoms with E-state index in [-0.39, 0.29) is 18.4 Å². The van der Waals surface area contributed by atoms with Crippen molar-refractivity contribution in [3.8, 4) is 0 Å². The largest absolute Gasteiger partial charge is 0.396 e. The Kier molecular flexibility index (Phi) is 5.19. The highest BCUT2D eigenvalue weighted by Crippen LogP contribution is 2.29. The van der Waals surface area contributed by atoms with Crippen molar-refractivity contribution in [2.45, 2.75) is 51.0 Å². The van der Waals surface area contributed by atoms with E-state index in [9.17, 15) is 9.59 Å². The third-order valence-corrected chi connectivity index (χ3v) is 4.29. The minimum absolute atomic E-state index is 0.0650. The molecule has 5 nitrogen and oxygen atoms in total. The van der Waals surface area contributed by atoms with Gasteiger partial charge in [-0.3, -0.25) is 9.59 Å². The standard InChI is InChI=1S/C14H24N2O3/c17-10-7-12-14(19)15-8-9-16(12)13(18)6-5-11-3-1-2-4-11/h11-12,17H,1-10H2,(H,15,19). The van der Waals surface area contributed by atoms with Crippen LogP contribution in [0, 0.1) is 5.92 Å². The van der Waals surface area contributed by atoms with Crippen molar-refractivity contribution in [2.24, 2.45) is 5.92 Å². The van der Waals surface area contributed by atoms with Crippen molar-refractivity contribution in [3.05, 3.63) is 0 Å². The number of carbonyl (C=O) groups excluding carboxylic acids is 2. The van der Waals surface area contributed by atoms with Crippen LogP contribution in [-0.2, 0) is 9.59 Å². The van der Waals surface area contributed by atoms with Crippen LogP contribution in [0.25, 0.3) is 0 Å². The number of piperazine rings is 1.